The first-order chi connectivity index (χ1) is 10.6. The summed E-state index contributed by atoms with van der Waals surface area (Å²) in [5.74, 6) is 0.234. The van der Waals surface area contributed by atoms with Crippen LogP contribution in [-0.4, -0.2) is 12.1 Å². The van der Waals surface area contributed by atoms with E-state index in [-0.39, 0.29) is 23.9 Å². The van der Waals surface area contributed by atoms with E-state index >= 15 is 0 Å². The maximum absolute atomic E-state index is 12.9. The van der Waals surface area contributed by atoms with E-state index in [1.54, 1.807) is 0 Å². The van der Waals surface area contributed by atoms with Crippen LogP contribution in [-0.2, 0) is 9.53 Å². The van der Waals surface area contributed by atoms with Gasteiger partial charge in [0.2, 0.25) is 0 Å². The first-order valence-electron chi connectivity index (χ1n) is 8.60. The smallest absolute Gasteiger partial charge is 0.309 e. The van der Waals surface area contributed by atoms with E-state index in [0.717, 1.165) is 57.3 Å². The molecule has 4 heteroatoms. The molecule has 0 saturated heterocycles. The number of carbonyl (C=O) groups excluding carboxylic acids is 1. The van der Waals surface area contributed by atoms with Crippen LogP contribution < -0.4 is 0 Å². The predicted octanol–water partition coefficient (Wildman–Crippen LogP) is 4.68. The van der Waals surface area contributed by atoms with E-state index in [1.807, 2.05) is 0 Å². The van der Waals surface area contributed by atoms with Crippen LogP contribution in [0.25, 0.3) is 0 Å². The quantitative estimate of drug-likeness (QED) is 0.559. The Balaban J connectivity index is 1.72. The van der Waals surface area contributed by atoms with Crippen molar-refractivity contribution in [1.82, 2.24) is 0 Å². The second-order valence-electron chi connectivity index (χ2n) is 6.73. The summed E-state index contributed by atoms with van der Waals surface area (Å²) in [5.41, 5.74) is 0. The topological polar surface area (TPSA) is 50.1 Å². The molecule has 0 bridgehead atoms. The number of allylic oxidation sites excluding steroid dienone is 2. The van der Waals surface area contributed by atoms with Gasteiger partial charge in [-0.25, -0.2) is 0 Å². The second kappa shape index (κ2) is 8.31. The molecule has 0 unspecified atom stereocenters. The van der Waals surface area contributed by atoms with Crippen molar-refractivity contribution in [2.45, 2.75) is 70.8 Å². The third-order valence-corrected chi connectivity index (χ3v) is 5.25. The van der Waals surface area contributed by atoms with Gasteiger partial charge in [-0.15, -0.1) is 0 Å². The molecule has 0 aromatic rings. The molecular weight excluding hydrogens is 281 g/mol. The molecule has 0 aromatic carbocycles. The average Bonchev–Trinajstić information content (AvgIpc) is 2.56. The highest BCUT2D eigenvalue weighted by atomic mass is 19.1. The summed E-state index contributed by atoms with van der Waals surface area (Å²) in [4.78, 5) is 12.2. The van der Waals surface area contributed by atoms with E-state index < -0.39 is 5.83 Å². The largest absolute Gasteiger partial charge is 0.462 e. The van der Waals surface area contributed by atoms with Crippen LogP contribution in [0.1, 0.15) is 64.7 Å². The summed E-state index contributed by atoms with van der Waals surface area (Å²) in [6.45, 7) is 2.21. The van der Waals surface area contributed by atoms with Gasteiger partial charge in [0, 0.05) is 0 Å². The lowest BCUT2D eigenvalue weighted by atomic mass is 9.81. The zero-order valence-corrected chi connectivity index (χ0v) is 13.4. The normalized spacial score (nSPS) is 33.0. The lowest BCUT2D eigenvalue weighted by Crippen LogP contribution is -2.29. The monoisotopic (exact) mass is 307 g/mol. The number of esters is 1. The van der Waals surface area contributed by atoms with E-state index in [0.29, 0.717) is 0 Å². The van der Waals surface area contributed by atoms with Crippen molar-refractivity contribution >= 4 is 5.97 Å². The molecular formula is C18H26FNO2. The molecule has 22 heavy (non-hydrogen) atoms. The molecule has 0 aliphatic heterocycles. The van der Waals surface area contributed by atoms with Gasteiger partial charge in [0.15, 0.2) is 5.83 Å². The van der Waals surface area contributed by atoms with Crippen molar-refractivity contribution < 1.29 is 13.9 Å². The number of rotatable bonds is 4. The van der Waals surface area contributed by atoms with Crippen molar-refractivity contribution in [3.63, 3.8) is 0 Å². The Kier molecular flexibility index (Phi) is 6.42. The Morgan fingerprint density at radius 1 is 1.18 bits per heavy atom. The number of hydrogen-bond acceptors (Lipinski definition) is 3. The first-order valence-corrected chi connectivity index (χ1v) is 8.60. The van der Waals surface area contributed by atoms with E-state index in [2.05, 4.69) is 6.92 Å². The van der Waals surface area contributed by atoms with Crippen LogP contribution in [0, 0.1) is 29.1 Å². The van der Waals surface area contributed by atoms with Gasteiger partial charge in [-0.1, -0.05) is 13.3 Å². The average molecular weight is 307 g/mol. The number of nitriles is 1. The lowest BCUT2D eigenvalue weighted by Gasteiger charge is -2.30. The van der Waals surface area contributed by atoms with E-state index in [1.165, 1.54) is 18.6 Å². The fraction of sp³-hybridized carbons (Fsp3) is 0.778. The minimum absolute atomic E-state index is 0.0220. The highest BCUT2D eigenvalue weighted by Crippen LogP contribution is 2.33. The summed E-state index contributed by atoms with van der Waals surface area (Å²) in [6.07, 6.45) is 9.92. The summed E-state index contributed by atoms with van der Waals surface area (Å²) in [5, 5.41) is 8.45. The number of hydrogen-bond donors (Lipinski definition) is 0. The molecule has 122 valence electrons. The zero-order chi connectivity index (χ0) is 15.9. The van der Waals surface area contributed by atoms with Gasteiger partial charge in [-0.05, 0) is 69.3 Å². The highest BCUT2D eigenvalue weighted by Gasteiger charge is 2.30. The minimum atomic E-state index is -0.701. The Morgan fingerprint density at radius 3 is 2.36 bits per heavy atom. The van der Waals surface area contributed by atoms with Gasteiger partial charge in [0.05, 0.1) is 5.92 Å². The van der Waals surface area contributed by atoms with Crippen LogP contribution in [0.15, 0.2) is 11.9 Å². The van der Waals surface area contributed by atoms with Crippen molar-refractivity contribution in [3.8, 4) is 6.07 Å². The van der Waals surface area contributed by atoms with Crippen LogP contribution in [0.2, 0.25) is 0 Å². The maximum atomic E-state index is 12.9. The van der Waals surface area contributed by atoms with Crippen LogP contribution in [0.5, 0.6) is 0 Å². The van der Waals surface area contributed by atoms with Gasteiger partial charge in [-0.2, -0.15) is 9.65 Å². The molecule has 3 nitrogen and oxygen atoms in total. The second-order valence-corrected chi connectivity index (χ2v) is 6.73. The molecule has 2 aliphatic carbocycles. The van der Waals surface area contributed by atoms with Gasteiger partial charge < -0.3 is 4.74 Å². The standard InChI is InChI=1S/C18H26FNO2/c1-2-13-3-7-15(8-4-13)18(21)22-17-9-5-14(6-10-17)11-16(19)12-20/h11,13-15,17H,2-10H2,1H3. The summed E-state index contributed by atoms with van der Waals surface area (Å²) < 4.78 is 18.6. The van der Waals surface area contributed by atoms with Gasteiger partial charge in [0.25, 0.3) is 0 Å². The van der Waals surface area contributed by atoms with Crippen molar-refractivity contribution in [2.75, 3.05) is 0 Å². The molecule has 0 atom stereocenters. The number of carbonyl (C=O) groups is 1. The summed E-state index contributed by atoms with van der Waals surface area (Å²) in [7, 11) is 0. The van der Waals surface area contributed by atoms with Crippen molar-refractivity contribution in [1.29, 1.82) is 5.26 Å². The Hall–Kier alpha value is -1.37. The SMILES string of the molecule is CCC1CCC(C(=O)OC2CCC(C=C(F)C#N)CC2)CC1. The Morgan fingerprint density at radius 2 is 1.82 bits per heavy atom. The molecule has 0 heterocycles. The molecule has 0 N–H and O–H groups in total. The Labute approximate surface area is 132 Å². The summed E-state index contributed by atoms with van der Waals surface area (Å²) >= 11 is 0. The summed E-state index contributed by atoms with van der Waals surface area (Å²) in [6, 6.07) is 1.52. The predicted molar refractivity (Wildman–Crippen MR) is 82.4 cm³/mol. The van der Waals surface area contributed by atoms with Crippen molar-refractivity contribution in [3.05, 3.63) is 11.9 Å². The zero-order valence-electron chi connectivity index (χ0n) is 13.4. The lowest BCUT2D eigenvalue weighted by molar-refractivity contribution is -0.157. The van der Waals surface area contributed by atoms with Gasteiger partial charge in [-0.3, -0.25) is 4.79 Å². The van der Waals surface area contributed by atoms with Gasteiger partial charge >= 0.3 is 5.97 Å². The molecule has 0 spiro atoms. The molecule has 2 fully saturated rings. The van der Waals surface area contributed by atoms with E-state index in [4.69, 9.17) is 10.00 Å². The fourth-order valence-electron chi connectivity index (χ4n) is 3.68. The molecule has 0 aromatic heterocycles. The highest BCUT2D eigenvalue weighted by molar-refractivity contribution is 5.72. The molecule has 0 radical (unpaired) electrons. The van der Waals surface area contributed by atoms with Crippen molar-refractivity contribution in [2.24, 2.45) is 17.8 Å². The molecule has 2 aliphatic rings. The van der Waals surface area contributed by atoms with Crippen LogP contribution in [0.3, 0.4) is 0 Å². The van der Waals surface area contributed by atoms with Crippen LogP contribution in [0.4, 0.5) is 4.39 Å². The first kappa shape index (κ1) is 17.0. The molecule has 2 rings (SSSR count). The number of ether oxygens (including phenoxy) is 1. The number of halogens is 1. The Bertz CT molecular complexity index is 438. The van der Waals surface area contributed by atoms with E-state index in [9.17, 15) is 9.18 Å². The fourth-order valence-corrected chi connectivity index (χ4v) is 3.68. The third kappa shape index (κ3) is 4.83. The minimum Gasteiger partial charge on any atom is -0.462 e. The molecule has 2 saturated carbocycles. The maximum Gasteiger partial charge on any atom is 0.309 e. The third-order valence-electron chi connectivity index (χ3n) is 5.25. The van der Waals surface area contributed by atoms with Gasteiger partial charge in [0.1, 0.15) is 12.2 Å². The van der Waals surface area contributed by atoms with Crippen LogP contribution >= 0.6 is 0 Å². The molecule has 0 amide bonds. The number of nitrogens with zero attached hydrogens (tertiary/aromatic N) is 1.